The lowest BCUT2D eigenvalue weighted by Gasteiger charge is -2.15. The number of hydrogen-bond acceptors (Lipinski definition) is 6. The summed E-state index contributed by atoms with van der Waals surface area (Å²) in [7, 11) is -4.71. The lowest BCUT2D eigenvalue weighted by molar-refractivity contribution is 0.0714. The largest absolute Gasteiger partial charge is 0.359 e. The highest BCUT2D eigenvalue weighted by atomic mass is 35.5. The molecule has 1 aliphatic heterocycles. The number of aliphatic imine (C=N–C) groups is 1. The van der Waals surface area contributed by atoms with Crippen LogP contribution in [0.15, 0.2) is 16.2 Å². The quantitative estimate of drug-likeness (QED) is 0.309. The summed E-state index contributed by atoms with van der Waals surface area (Å²) in [4.78, 5) is 8.25. The summed E-state index contributed by atoms with van der Waals surface area (Å²) in [6.45, 7) is 7.40. The average Bonchev–Trinajstić information content (AvgIpc) is 2.88. The van der Waals surface area contributed by atoms with Gasteiger partial charge in [-0.15, -0.1) is 5.10 Å². The highest BCUT2D eigenvalue weighted by Crippen LogP contribution is 2.19. The number of halogens is 1. The van der Waals surface area contributed by atoms with Crippen LogP contribution in [0.4, 0.5) is 0 Å². The third kappa shape index (κ3) is 5.51. The maximum atomic E-state index is 11.9. The van der Waals surface area contributed by atoms with Gasteiger partial charge in [-0.25, -0.2) is 13.1 Å². The molecule has 24 heavy (non-hydrogen) atoms. The molecule has 1 aromatic rings. The van der Waals surface area contributed by atoms with Crippen LogP contribution in [0.3, 0.4) is 0 Å². The smallest absolute Gasteiger partial charge is 0.248 e. The van der Waals surface area contributed by atoms with E-state index in [4.69, 9.17) is 16.3 Å². The van der Waals surface area contributed by atoms with Crippen molar-refractivity contribution in [2.45, 2.75) is 49.5 Å². The second-order valence-electron chi connectivity index (χ2n) is 6.95. The van der Waals surface area contributed by atoms with Crippen molar-refractivity contribution in [2.75, 3.05) is 12.9 Å². The summed E-state index contributed by atoms with van der Waals surface area (Å²) in [5.74, 6) is 0.316. The Balaban J connectivity index is 2.16. The summed E-state index contributed by atoms with van der Waals surface area (Å²) in [5.41, 5.74) is 0.368. The van der Waals surface area contributed by atoms with Crippen molar-refractivity contribution in [3.63, 3.8) is 0 Å². The van der Waals surface area contributed by atoms with E-state index in [1.165, 1.54) is 4.68 Å². The van der Waals surface area contributed by atoms with Crippen molar-refractivity contribution < 1.29 is 13.2 Å². The van der Waals surface area contributed by atoms with E-state index in [0.717, 1.165) is 12.3 Å². The zero-order valence-corrected chi connectivity index (χ0v) is 16.9. The van der Waals surface area contributed by atoms with E-state index in [-0.39, 0.29) is 17.4 Å². The number of aromatic nitrogens is 3. The summed E-state index contributed by atoms with van der Waals surface area (Å²) < 4.78 is 30.8. The number of rotatable bonds is 7. The van der Waals surface area contributed by atoms with Crippen LogP contribution in [0, 0.1) is 0 Å². The van der Waals surface area contributed by atoms with Crippen LogP contribution in [-0.2, 0) is 21.3 Å². The summed E-state index contributed by atoms with van der Waals surface area (Å²) >= 11 is 5.90. The predicted octanol–water partition coefficient (Wildman–Crippen LogP) is 2.42. The number of alkyl halides is 1. The first kappa shape index (κ1) is 19.3. The second kappa shape index (κ2) is 7.47. The third-order valence-electron chi connectivity index (χ3n) is 3.35. The molecular formula is C14H23ClN4O3SSi. The second-order valence-corrected chi connectivity index (χ2v) is 15.0. The highest BCUT2D eigenvalue weighted by Gasteiger charge is 2.22. The Labute approximate surface area is 148 Å². The maximum Gasteiger partial charge on any atom is 0.248 e. The molecule has 0 amide bonds. The number of hydrogen-bond donors (Lipinski definition) is 0. The Kier molecular flexibility index (Phi) is 6.00. The number of nitrogens with zero attached hydrogens (tertiary/aromatic N) is 4. The Morgan fingerprint density at radius 1 is 1.42 bits per heavy atom. The van der Waals surface area contributed by atoms with Gasteiger partial charge in [0.1, 0.15) is 12.2 Å². The van der Waals surface area contributed by atoms with Crippen molar-refractivity contribution in [3.05, 3.63) is 11.9 Å². The minimum Gasteiger partial charge on any atom is -0.359 e. The van der Waals surface area contributed by atoms with Crippen molar-refractivity contribution in [3.8, 4) is 0 Å². The maximum absolute atomic E-state index is 11.9. The molecule has 1 unspecified atom stereocenters. The zero-order valence-electron chi connectivity index (χ0n) is 14.4. The lowest BCUT2D eigenvalue weighted by Crippen LogP contribution is -2.22. The highest BCUT2D eigenvalue weighted by molar-refractivity contribution is 7.90. The molecular weight excluding hydrogens is 368 g/mol. The van der Waals surface area contributed by atoms with Gasteiger partial charge in [0.25, 0.3) is 0 Å². The van der Waals surface area contributed by atoms with Crippen LogP contribution >= 0.6 is 11.6 Å². The molecule has 2 heterocycles. The van der Waals surface area contributed by atoms with Gasteiger partial charge < -0.3 is 4.74 Å². The molecule has 1 aliphatic rings. The zero-order chi connectivity index (χ0) is 18.0. The molecule has 7 nitrogen and oxygen atoms in total. The van der Waals surface area contributed by atoms with Crippen LogP contribution in [-0.4, -0.2) is 55.8 Å². The molecule has 1 aromatic heterocycles. The standard InChI is InChI=1S/C14H23ClN4O3SSi/c1-23(20,21)14-17-13(11-5-6-12(15)16-9-11)18-19(14)10-22-7-8-24(2,3)4/h5,9,12H,6-8,10H2,1-4H3. The average molecular weight is 391 g/mol. The molecule has 0 saturated heterocycles. The molecule has 0 aliphatic carbocycles. The van der Waals surface area contributed by atoms with E-state index in [0.29, 0.717) is 24.4 Å². The minimum absolute atomic E-state index is 0.0580. The van der Waals surface area contributed by atoms with Crippen LogP contribution < -0.4 is 0 Å². The first-order valence-corrected chi connectivity index (χ1v) is 13.7. The van der Waals surface area contributed by atoms with Crippen LogP contribution in [0.5, 0.6) is 0 Å². The fraction of sp³-hybridized carbons (Fsp3) is 0.643. The third-order valence-corrected chi connectivity index (χ3v) is 6.31. The van der Waals surface area contributed by atoms with E-state index in [1.807, 2.05) is 6.08 Å². The number of allylic oxidation sites excluding steroid dienone is 1. The summed E-state index contributed by atoms with van der Waals surface area (Å²) in [5, 5.41) is 4.17. The van der Waals surface area contributed by atoms with Crippen LogP contribution in [0.2, 0.25) is 25.7 Å². The van der Waals surface area contributed by atoms with Gasteiger partial charge in [0.05, 0.1) is 0 Å². The molecule has 134 valence electrons. The normalized spacial score (nSPS) is 18.7. The molecule has 2 rings (SSSR count). The number of sulfone groups is 1. The lowest BCUT2D eigenvalue weighted by atomic mass is 10.2. The van der Waals surface area contributed by atoms with Crippen molar-refractivity contribution in [2.24, 2.45) is 4.99 Å². The molecule has 1 atom stereocenters. The molecule has 0 saturated carbocycles. The molecule has 0 fully saturated rings. The van der Waals surface area contributed by atoms with Gasteiger partial charge in [-0.05, 0) is 6.04 Å². The molecule has 0 aromatic carbocycles. The van der Waals surface area contributed by atoms with Gasteiger partial charge in [-0.1, -0.05) is 37.3 Å². The number of ether oxygens (including phenoxy) is 1. The monoisotopic (exact) mass is 390 g/mol. The first-order chi connectivity index (χ1) is 11.1. The first-order valence-electron chi connectivity index (χ1n) is 7.67. The van der Waals surface area contributed by atoms with E-state index >= 15 is 0 Å². The van der Waals surface area contributed by atoms with E-state index in [2.05, 4.69) is 34.7 Å². The molecule has 0 spiro atoms. The van der Waals surface area contributed by atoms with E-state index in [9.17, 15) is 8.42 Å². The van der Waals surface area contributed by atoms with Gasteiger partial charge in [-0.3, -0.25) is 4.99 Å². The van der Waals surface area contributed by atoms with E-state index in [1.54, 1.807) is 6.21 Å². The topological polar surface area (TPSA) is 86.4 Å². The minimum atomic E-state index is -3.51. The van der Waals surface area contributed by atoms with Crippen molar-refractivity contribution in [1.29, 1.82) is 0 Å². The Morgan fingerprint density at radius 2 is 2.12 bits per heavy atom. The van der Waals surface area contributed by atoms with Gasteiger partial charge >= 0.3 is 0 Å². The predicted molar refractivity (Wildman–Crippen MR) is 98.0 cm³/mol. The van der Waals surface area contributed by atoms with Crippen molar-refractivity contribution in [1.82, 2.24) is 14.8 Å². The van der Waals surface area contributed by atoms with Gasteiger partial charge in [0.15, 0.2) is 5.82 Å². The number of dihydropyridines is 1. The summed E-state index contributed by atoms with van der Waals surface area (Å²) in [6, 6.07) is 0.998. The van der Waals surface area contributed by atoms with Crippen LogP contribution in [0.25, 0.3) is 5.57 Å². The molecule has 0 N–H and O–H groups in total. The summed E-state index contributed by atoms with van der Waals surface area (Å²) in [6.07, 6.45) is 5.09. The fourth-order valence-corrected chi connectivity index (χ4v) is 3.62. The van der Waals surface area contributed by atoms with Gasteiger partial charge in [0, 0.05) is 39.1 Å². The Hall–Kier alpha value is -1.03. The Bertz CT molecular complexity index is 753. The SMILES string of the molecule is C[Si](C)(C)CCOCn1nc(C2=CCC(Cl)N=C2)nc1S(C)(=O)=O. The molecule has 10 heteroatoms. The fourth-order valence-electron chi connectivity index (χ4n) is 1.99. The van der Waals surface area contributed by atoms with Gasteiger partial charge in [0.2, 0.25) is 15.0 Å². The molecule has 0 radical (unpaired) electrons. The van der Waals surface area contributed by atoms with Crippen LogP contribution in [0.1, 0.15) is 12.2 Å². The van der Waals surface area contributed by atoms with Crippen molar-refractivity contribution >= 4 is 41.3 Å². The van der Waals surface area contributed by atoms with E-state index < -0.39 is 17.9 Å². The Morgan fingerprint density at radius 3 is 2.67 bits per heavy atom. The van der Waals surface area contributed by atoms with Gasteiger partial charge in [-0.2, -0.15) is 4.98 Å². The molecule has 0 bridgehead atoms.